The van der Waals surface area contributed by atoms with Crippen molar-refractivity contribution in [3.05, 3.63) is 84.2 Å². The number of carboxylic acids is 1. The third kappa shape index (κ3) is 3.42. The van der Waals surface area contributed by atoms with E-state index in [2.05, 4.69) is 4.98 Å². The summed E-state index contributed by atoms with van der Waals surface area (Å²) < 4.78 is 13.6. The minimum atomic E-state index is -1.21. The van der Waals surface area contributed by atoms with Gasteiger partial charge in [0.15, 0.2) is 0 Å². The van der Waals surface area contributed by atoms with Crippen molar-refractivity contribution in [3.8, 4) is 11.3 Å². The SMILES string of the molecule is Nc1c(-c2ccc(Sc3ccccc3)cc2)nc2ccc(F)cc2c1C(=O)O. The molecule has 0 atom stereocenters. The van der Waals surface area contributed by atoms with Crippen molar-refractivity contribution in [2.24, 2.45) is 0 Å². The van der Waals surface area contributed by atoms with E-state index in [0.717, 1.165) is 15.9 Å². The fourth-order valence-electron chi connectivity index (χ4n) is 3.01. The molecular formula is C22H15FN2O2S. The minimum Gasteiger partial charge on any atom is -0.478 e. The third-order valence-corrected chi connectivity index (χ3v) is 5.32. The Morgan fingerprint density at radius 2 is 1.64 bits per heavy atom. The average molecular weight is 390 g/mol. The van der Waals surface area contributed by atoms with E-state index >= 15 is 0 Å². The molecule has 0 radical (unpaired) electrons. The first-order valence-electron chi connectivity index (χ1n) is 8.48. The highest BCUT2D eigenvalue weighted by Crippen LogP contribution is 2.34. The van der Waals surface area contributed by atoms with E-state index in [4.69, 9.17) is 5.73 Å². The number of carbonyl (C=O) groups is 1. The Labute approximate surface area is 164 Å². The molecule has 0 amide bonds. The molecule has 3 aromatic carbocycles. The van der Waals surface area contributed by atoms with Gasteiger partial charge in [-0.2, -0.15) is 0 Å². The number of pyridine rings is 1. The maximum Gasteiger partial charge on any atom is 0.338 e. The van der Waals surface area contributed by atoms with E-state index in [9.17, 15) is 14.3 Å². The number of aromatic carboxylic acids is 1. The minimum absolute atomic E-state index is 0.0223. The maximum atomic E-state index is 13.6. The lowest BCUT2D eigenvalue weighted by atomic mass is 10.0. The van der Waals surface area contributed by atoms with Gasteiger partial charge in [-0.3, -0.25) is 0 Å². The van der Waals surface area contributed by atoms with Gasteiger partial charge in [-0.1, -0.05) is 42.1 Å². The number of nitrogens with zero attached hydrogens (tertiary/aromatic N) is 1. The van der Waals surface area contributed by atoms with Gasteiger partial charge >= 0.3 is 5.97 Å². The molecule has 0 aliphatic carbocycles. The van der Waals surface area contributed by atoms with Crippen molar-refractivity contribution in [3.63, 3.8) is 0 Å². The van der Waals surface area contributed by atoms with E-state index in [-0.39, 0.29) is 16.6 Å². The highest BCUT2D eigenvalue weighted by molar-refractivity contribution is 7.99. The Bertz CT molecular complexity index is 1180. The fourth-order valence-corrected chi connectivity index (χ4v) is 3.84. The molecule has 4 nitrogen and oxygen atoms in total. The smallest absolute Gasteiger partial charge is 0.338 e. The molecule has 0 spiro atoms. The van der Waals surface area contributed by atoms with Gasteiger partial charge in [0.25, 0.3) is 0 Å². The van der Waals surface area contributed by atoms with Crippen LogP contribution in [0, 0.1) is 5.82 Å². The fraction of sp³-hybridized carbons (Fsp3) is 0. The van der Waals surface area contributed by atoms with Crippen LogP contribution < -0.4 is 5.73 Å². The lowest BCUT2D eigenvalue weighted by Crippen LogP contribution is -2.07. The van der Waals surface area contributed by atoms with Crippen LogP contribution in [0.5, 0.6) is 0 Å². The number of anilines is 1. The van der Waals surface area contributed by atoms with Crippen LogP contribution in [-0.2, 0) is 0 Å². The molecule has 0 aliphatic heterocycles. The van der Waals surface area contributed by atoms with Crippen LogP contribution in [0.2, 0.25) is 0 Å². The van der Waals surface area contributed by atoms with Crippen molar-refractivity contribution in [1.29, 1.82) is 0 Å². The van der Waals surface area contributed by atoms with E-state index in [0.29, 0.717) is 16.8 Å². The average Bonchev–Trinajstić information content (AvgIpc) is 2.69. The summed E-state index contributed by atoms with van der Waals surface area (Å²) in [6.07, 6.45) is 0. The molecule has 0 saturated heterocycles. The standard InChI is InChI=1S/C22H15FN2O2S/c23-14-8-11-18-17(12-14)19(22(26)27)20(24)21(25-18)13-6-9-16(10-7-13)28-15-4-2-1-3-5-15/h1-12H,24H2,(H,26,27). The number of rotatable bonds is 4. The van der Waals surface area contributed by atoms with Gasteiger partial charge in [0, 0.05) is 20.7 Å². The molecule has 4 aromatic rings. The summed E-state index contributed by atoms with van der Waals surface area (Å²) in [4.78, 5) is 18.4. The van der Waals surface area contributed by atoms with Crippen molar-refractivity contribution in [1.82, 2.24) is 4.98 Å². The Hall–Kier alpha value is -3.38. The van der Waals surface area contributed by atoms with Crippen LogP contribution >= 0.6 is 11.8 Å². The largest absolute Gasteiger partial charge is 0.478 e. The Morgan fingerprint density at radius 1 is 0.964 bits per heavy atom. The van der Waals surface area contributed by atoms with E-state index in [1.165, 1.54) is 12.1 Å². The Morgan fingerprint density at radius 3 is 2.32 bits per heavy atom. The third-order valence-electron chi connectivity index (χ3n) is 4.31. The van der Waals surface area contributed by atoms with Crippen molar-refractivity contribution in [2.45, 2.75) is 9.79 Å². The summed E-state index contributed by atoms with van der Waals surface area (Å²) in [6, 6.07) is 21.4. The summed E-state index contributed by atoms with van der Waals surface area (Å²) >= 11 is 1.62. The first kappa shape index (κ1) is 18.0. The molecule has 138 valence electrons. The first-order chi connectivity index (χ1) is 13.5. The molecule has 0 bridgehead atoms. The monoisotopic (exact) mass is 390 g/mol. The number of fused-ring (bicyclic) bond motifs is 1. The van der Waals surface area contributed by atoms with Crippen LogP contribution in [0.25, 0.3) is 22.2 Å². The second-order valence-electron chi connectivity index (χ2n) is 6.16. The highest BCUT2D eigenvalue weighted by Gasteiger charge is 2.19. The summed E-state index contributed by atoms with van der Waals surface area (Å²) in [7, 11) is 0. The summed E-state index contributed by atoms with van der Waals surface area (Å²) in [6.45, 7) is 0. The van der Waals surface area contributed by atoms with E-state index in [1.54, 1.807) is 11.8 Å². The number of carboxylic acid groups (broad SMARTS) is 1. The van der Waals surface area contributed by atoms with Crippen molar-refractivity contribution >= 4 is 34.3 Å². The molecular weight excluding hydrogens is 375 g/mol. The molecule has 3 N–H and O–H groups in total. The molecule has 1 heterocycles. The van der Waals surface area contributed by atoms with Crippen LogP contribution in [0.3, 0.4) is 0 Å². The van der Waals surface area contributed by atoms with Crippen LogP contribution in [0.1, 0.15) is 10.4 Å². The van der Waals surface area contributed by atoms with Gasteiger partial charge in [0.1, 0.15) is 5.82 Å². The first-order valence-corrected chi connectivity index (χ1v) is 9.30. The lowest BCUT2D eigenvalue weighted by molar-refractivity contribution is 0.0700. The predicted octanol–water partition coefficient (Wildman–Crippen LogP) is 5.47. The molecule has 0 unspecified atom stereocenters. The van der Waals surface area contributed by atoms with Gasteiger partial charge in [-0.05, 0) is 42.5 Å². The Balaban J connectivity index is 1.77. The topological polar surface area (TPSA) is 76.2 Å². The van der Waals surface area contributed by atoms with Gasteiger partial charge < -0.3 is 10.8 Å². The number of hydrogen-bond acceptors (Lipinski definition) is 4. The molecule has 0 fully saturated rings. The number of aromatic nitrogens is 1. The van der Waals surface area contributed by atoms with Gasteiger partial charge in [-0.25, -0.2) is 14.2 Å². The number of hydrogen-bond donors (Lipinski definition) is 2. The van der Waals surface area contributed by atoms with Crippen molar-refractivity contribution in [2.75, 3.05) is 5.73 Å². The number of nitrogen functional groups attached to an aromatic ring is 1. The second kappa shape index (κ2) is 7.32. The summed E-state index contributed by atoms with van der Waals surface area (Å²) in [5, 5.41) is 9.79. The second-order valence-corrected chi connectivity index (χ2v) is 7.30. The molecule has 6 heteroatoms. The number of benzene rings is 3. The summed E-state index contributed by atoms with van der Waals surface area (Å²) in [5.74, 6) is -1.75. The van der Waals surface area contributed by atoms with Gasteiger partial charge in [0.05, 0.1) is 22.5 Å². The van der Waals surface area contributed by atoms with Crippen LogP contribution in [0.4, 0.5) is 10.1 Å². The molecule has 4 rings (SSSR count). The zero-order valence-electron chi connectivity index (χ0n) is 14.6. The molecule has 1 aromatic heterocycles. The number of nitrogens with two attached hydrogens (primary N) is 1. The predicted molar refractivity (Wildman–Crippen MR) is 109 cm³/mol. The maximum absolute atomic E-state index is 13.6. The molecule has 0 saturated carbocycles. The lowest BCUT2D eigenvalue weighted by Gasteiger charge is -2.12. The number of halogens is 1. The summed E-state index contributed by atoms with van der Waals surface area (Å²) in [5.41, 5.74) is 7.45. The zero-order valence-corrected chi connectivity index (χ0v) is 15.4. The Kier molecular flexibility index (Phi) is 4.71. The van der Waals surface area contributed by atoms with E-state index < -0.39 is 11.8 Å². The van der Waals surface area contributed by atoms with E-state index in [1.807, 2.05) is 54.6 Å². The normalized spacial score (nSPS) is 10.9. The molecule has 28 heavy (non-hydrogen) atoms. The van der Waals surface area contributed by atoms with Gasteiger partial charge in [0.2, 0.25) is 0 Å². The molecule has 0 aliphatic rings. The van der Waals surface area contributed by atoms with Crippen molar-refractivity contribution < 1.29 is 14.3 Å². The highest BCUT2D eigenvalue weighted by atomic mass is 32.2. The quantitative estimate of drug-likeness (QED) is 0.483. The van der Waals surface area contributed by atoms with Gasteiger partial charge in [-0.15, -0.1) is 0 Å². The van der Waals surface area contributed by atoms with Crippen LogP contribution in [0.15, 0.2) is 82.6 Å². The van der Waals surface area contributed by atoms with Crippen LogP contribution in [-0.4, -0.2) is 16.1 Å². The zero-order chi connectivity index (χ0) is 19.7.